The van der Waals surface area contributed by atoms with Crippen LogP contribution in [0.5, 0.6) is 0 Å². The van der Waals surface area contributed by atoms with Gasteiger partial charge in [-0.2, -0.15) is 0 Å². The van der Waals surface area contributed by atoms with Gasteiger partial charge in [0, 0.05) is 5.97 Å². The normalized spacial score (nSPS) is 11.7. The molecule has 0 saturated heterocycles. The second kappa shape index (κ2) is 10.8. The molecule has 10 heteroatoms. The smallest absolute Gasteiger partial charge is 0.550 e. The van der Waals surface area contributed by atoms with Crippen molar-refractivity contribution in [3.05, 3.63) is 29.8 Å². The van der Waals surface area contributed by atoms with Gasteiger partial charge >= 0.3 is 59.1 Å². The summed E-state index contributed by atoms with van der Waals surface area (Å²) in [5.41, 5.74) is 0.845. The Hall–Kier alpha value is 0.0700. The van der Waals surface area contributed by atoms with Crippen LogP contribution in [-0.2, 0) is 19.6 Å². The molecule has 1 aromatic carbocycles. The second-order valence-corrected chi connectivity index (χ2v) is 5.93. The summed E-state index contributed by atoms with van der Waals surface area (Å²) in [4.78, 5) is 21.0. The van der Waals surface area contributed by atoms with E-state index in [0.717, 1.165) is 5.56 Å². The predicted molar refractivity (Wildman–Crippen MR) is 64.5 cm³/mol. The van der Waals surface area contributed by atoms with Gasteiger partial charge in [-0.15, -0.1) is 0 Å². The maximum Gasteiger partial charge on any atom is 1.00 e. The summed E-state index contributed by atoms with van der Waals surface area (Å²) < 4.78 is 25.8. The number of benzene rings is 1. The first-order valence-corrected chi connectivity index (χ1v) is 7.20. The van der Waals surface area contributed by atoms with E-state index in [9.17, 15) is 28.2 Å². The van der Waals surface area contributed by atoms with Crippen molar-refractivity contribution in [2.45, 2.75) is 30.7 Å². The zero-order chi connectivity index (χ0) is 15.3. The van der Waals surface area contributed by atoms with Gasteiger partial charge in [0.2, 0.25) is 10.0 Å². The second-order valence-electron chi connectivity index (χ2n) is 4.22. The Labute approximate surface area is 173 Å². The first-order chi connectivity index (χ1) is 9.22. The van der Waals surface area contributed by atoms with Crippen molar-refractivity contribution in [1.29, 1.82) is 0 Å². The van der Waals surface area contributed by atoms with E-state index in [0.29, 0.717) is 0 Å². The number of hydrogen-bond donors (Lipinski definition) is 1. The molecule has 0 bridgehead atoms. The summed E-state index contributed by atoms with van der Waals surface area (Å²) in [6, 6.07) is 4.14. The van der Waals surface area contributed by atoms with Gasteiger partial charge in [-0.3, -0.25) is 0 Å². The molecule has 0 heterocycles. The molecule has 1 atom stereocenters. The summed E-state index contributed by atoms with van der Waals surface area (Å²) in [6.07, 6.45) is -1.04. The topological polar surface area (TPSA) is 126 Å². The molecule has 0 spiro atoms. The zero-order valence-corrected chi connectivity index (χ0v) is 17.5. The van der Waals surface area contributed by atoms with Crippen molar-refractivity contribution in [1.82, 2.24) is 4.72 Å². The average Bonchev–Trinajstić information content (AvgIpc) is 2.34. The number of aryl methyl sites for hydroxylation is 1. The fraction of sp³-hybridized carbons (Fsp3) is 0.333. The molecule has 0 amide bonds. The van der Waals surface area contributed by atoms with Gasteiger partial charge in [-0.1, -0.05) is 17.7 Å². The molecular formula is C12H13NNa2O6S. The number of hydrogen-bond acceptors (Lipinski definition) is 6. The molecular weight excluding hydrogens is 332 g/mol. The molecule has 1 N–H and O–H groups in total. The number of carboxylic acid groups (broad SMARTS) is 2. The van der Waals surface area contributed by atoms with Crippen molar-refractivity contribution in [3.63, 3.8) is 0 Å². The summed E-state index contributed by atoms with van der Waals surface area (Å²) in [7, 11) is -4.05. The van der Waals surface area contributed by atoms with Crippen LogP contribution in [0, 0.1) is 6.92 Å². The van der Waals surface area contributed by atoms with Crippen LogP contribution in [0.2, 0.25) is 0 Å². The molecule has 0 saturated carbocycles. The number of nitrogens with one attached hydrogen (secondary N) is 1. The minimum Gasteiger partial charge on any atom is -0.550 e. The van der Waals surface area contributed by atoms with E-state index < -0.39 is 40.8 Å². The van der Waals surface area contributed by atoms with E-state index in [4.69, 9.17) is 0 Å². The summed E-state index contributed by atoms with van der Waals surface area (Å²) in [5, 5.41) is 21.1. The zero-order valence-electron chi connectivity index (χ0n) is 12.7. The van der Waals surface area contributed by atoms with Gasteiger partial charge in [-0.05, 0) is 31.9 Å². The Morgan fingerprint density at radius 1 is 1.14 bits per heavy atom. The largest absolute Gasteiger partial charge is 1.00 e. The fourth-order valence-electron chi connectivity index (χ4n) is 1.46. The van der Waals surface area contributed by atoms with Crippen LogP contribution < -0.4 is 74.0 Å². The van der Waals surface area contributed by atoms with Crippen molar-refractivity contribution in [3.8, 4) is 0 Å². The van der Waals surface area contributed by atoms with Gasteiger partial charge in [0.15, 0.2) is 0 Å². The van der Waals surface area contributed by atoms with Crippen molar-refractivity contribution < 1.29 is 87.3 Å². The standard InChI is InChI=1S/C12H15NO6S.2Na/c1-8-2-4-9(5-3-8)20(18,19)13-10(12(16)17)6-7-11(14)15;;/h2-5,10,13H,6-7H2,1H3,(H,14,15)(H,16,17);;/q;2*+1/p-2/t10-;;/m0../s1. The summed E-state index contributed by atoms with van der Waals surface area (Å²) in [5.74, 6) is -3.16. The van der Waals surface area contributed by atoms with Gasteiger partial charge in [-0.25, -0.2) is 13.1 Å². The third-order valence-electron chi connectivity index (χ3n) is 2.55. The monoisotopic (exact) mass is 345 g/mol. The van der Waals surface area contributed by atoms with Crippen molar-refractivity contribution in [2.75, 3.05) is 0 Å². The SMILES string of the molecule is Cc1ccc(S(=O)(=O)N[C@@H](CCC(=O)[O-])C(=O)[O-])cc1.[Na+].[Na+]. The van der Waals surface area contributed by atoms with E-state index in [2.05, 4.69) is 0 Å². The van der Waals surface area contributed by atoms with Gasteiger partial charge in [0.1, 0.15) is 0 Å². The molecule has 0 unspecified atom stereocenters. The van der Waals surface area contributed by atoms with E-state index in [1.54, 1.807) is 19.1 Å². The molecule has 0 aliphatic rings. The molecule has 1 aromatic rings. The van der Waals surface area contributed by atoms with Gasteiger partial charge in [0.25, 0.3) is 0 Å². The van der Waals surface area contributed by atoms with E-state index in [1.807, 2.05) is 4.72 Å². The number of carbonyl (C=O) groups is 2. The molecule has 7 nitrogen and oxygen atoms in total. The molecule has 0 aliphatic carbocycles. The Kier molecular flexibility index (Phi) is 11.9. The summed E-state index contributed by atoms with van der Waals surface area (Å²) >= 11 is 0. The van der Waals surface area contributed by atoms with E-state index in [1.165, 1.54) is 12.1 Å². The van der Waals surface area contributed by atoms with Crippen LogP contribution in [0.15, 0.2) is 29.2 Å². The molecule has 1 rings (SSSR count). The first kappa shape index (κ1) is 24.3. The fourth-order valence-corrected chi connectivity index (χ4v) is 2.68. The average molecular weight is 345 g/mol. The number of carbonyl (C=O) groups excluding carboxylic acids is 2. The predicted octanol–water partition coefficient (Wildman–Crippen LogP) is -8.07. The number of aliphatic carboxylic acids is 2. The molecule has 0 aromatic heterocycles. The summed E-state index contributed by atoms with van der Waals surface area (Å²) in [6.45, 7) is 1.77. The van der Waals surface area contributed by atoms with Crippen LogP contribution in [0.1, 0.15) is 18.4 Å². The van der Waals surface area contributed by atoms with Crippen molar-refractivity contribution >= 4 is 22.0 Å². The third kappa shape index (κ3) is 8.07. The van der Waals surface area contributed by atoms with Gasteiger partial charge < -0.3 is 19.8 Å². The van der Waals surface area contributed by atoms with Crippen LogP contribution in [0.4, 0.5) is 0 Å². The molecule has 110 valence electrons. The molecule has 0 aliphatic heterocycles. The molecule has 22 heavy (non-hydrogen) atoms. The van der Waals surface area contributed by atoms with Crippen LogP contribution >= 0.6 is 0 Å². The van der Waals surface area contributed by atoms with Crippen molar-refractivity contribution in [2.24, 2.45) is 0 Å². The Morgan fingerprint density at radius 3 is 2.05 bits per heavy atom. The van der Waals surface area contributed by atoms with Crippen LogP contribution in [0.3, 0.4) is 0 Å². The Bertz CT molecular complexity index is 603. The number of carboxylic acids is 2. The van der Waals surface area contributed by atoms with E-state index >= 15 is 0 Å². The Balaban J connectivity index is 0. The quantitative estimate of drug-likeness (QED) is 0.489. The Morgan fingerprint density at radius 2 is 1.64 bits per heavy atom. The van der Waals surface area contributed by atoms with Crippen LogP contribution in [-0.4, -0.2) is 26.4 Å². The minimum absolute atomic E-state index is 0. The maximum absolute atomic E-state index is 11.9. The molecule has 0 radical (unpaired) electrons. The van der Waals surface area contributed by atoms with Crippen LogP contribution in [0.25, 0.3) is 0 Å². The maximum atomic E-state index is 11.9. The minimum atomic E-state index is -4.05. The number of rotatable bonds is 7. The van der Waals surface area contributed by atoms with Gasteiger partial charge in [0.05, 0.1) is 16.9 Å². The third-order valence-corrected chi connectivity index (χ3v) is 4.04. The van der Waals surface area contributed by atoms with E-state index in [-0.39, 0.29) is 64.0 Å². The number of sulfonamides is 1. The first-order valence-electron chi connectivity index (χ1n) is 5.72. The molecule has 0 fully saturated rings.